The Morgan fingerprint density at radius 3 is 2.63 bits per heavy atom. The molecule has 0 atom stereocenters. The van der Waals surface area contributed by atoms with Gasteiger partial charge in [-0.3, -0.25) is 4.90 Å². The minimum absolute atomic E-state index is 0.0430. The summed E-state index contributed by atoms with van der Waals surface area (Å²) in [4.78, 5) is 6.14. The number of hydrogen-bond donors (Lipinski definition) is 0. The van der Waals surface area contributed by atoms with E-state index in [-0.39, 0.29) is 19.2 Å². The number of oxime groups is 1. The highest BCUT2D eigenvalue weighted by Crippen LogP contribution is 2.42. The zero-order valence-electron chi connectivity index (χ0n) is 39.6. The summed E-state index contributed by atoms with van der Waals surface area (Å²) in [6.45, 7) is -11.6. The zero-order chi connectivity index (χ0) is 43.5. The van der Waals surface area contributed by atoms with E-state index in [9.17, 15) is 13.2 Å². The van der Waals surface area contributed by atoms with Gasteiger partial charge < -0.3 is 4.84 Å². The Hall–Kier alpha value is -2.34. The fourth-order valence-corrected chi connectivity index (χ4v) is 3.37. The minimum Gasteiger partial charge on any atom is -0.391 e. The van der Waals surface area contributed by atoms with E-state index in [0.717, 1.165) is 12.1 Å². The molecule has 0 radical (unpaired) electrons. The van der Waals surface area contributed by atoms with Crippen molar-refractivity contribution >= 4 is 5.71 Å². The first-order valence-corrected chi connectivity index (χ1v) is 10.6. The Kier molecular flexibility index (Phi) is 3.25. The van der Waals surface area contributed by atoms with Crippen LogP contribution in [0.1, 0.15) is 121 Å². The van der Waals surface area contributed by atoms with E-state index < -0.39 is 116 Å². The van der Waals surface area contributed by atoms with Crippen molar-refractivity contribution in [2.24, 2.45) is 11.0 Å². The van der Waals surface area contributed by atoms with Crippen LogP contribution in [-0.4, -0.2) is 23.7 Å². The number of rotatable bonds is 8. The number of hydrogen-bond acceptors (Lipinski definition) is 3. The van der Waals surface area contributed by atoms with Gasteiger partial charge in [0, 0.05) is 32.5 Å². The lowest BCUT2D eigenvalue weighted by Gasteiger charge is -2.31. The summed E-state index contributed by atoms with van der Waals surface area (Å²) in [5.41, 5.74) is -7.32. The monoisotopic (exact) mass is 507 g/mol. The van der Waals surface area contributed by atoms with Crippen LogP contribution < -0.4 is 0 Å². The van der Waals surface area contributed by atoms with Crippen molar-refractivity contribution in [3.63, 3.8) is 0 Å². The molecular weight excluding hydrogens is 449 g/mol. The maximum absolute atomic E-state index is 14.7. The fraction of sp³-hybridized carbons (Fsp3) is 0.552. The van der Waals surface area contributed by atoms with Gasteiger partial charge in [0.05, 0.1) is 14.0 Å². The van der Waals surface area contributed by atoms with Crippen molar-refractivity contribution in [1.29, 1.82) is 0 Å². The summed E-state index contributed by atoms with van der Waals surface area (Å²) >= 11 is 0. The lowest BCUT2D eigenvalue weighted by atomic mass is 9.78. The molecule has 1 heterocycles. The summed E-state index contributed by atoms with van der Waals surface area (Å²) in [7, 11) is 0. The van der Waals surface area contributed by atoms with E-state index in [2.05, 4.69) is 5.16 Å². The normalized spacial score (nSPS) is 40.3. The summed E-state index contributed by atoms with van der Waals surface area (Å²) in [5, 5.41) is 3.35. The fourth-order valence-electron chi connectivity index (χ4n) is 3.37. The lowest BCUT2D eigenvalue weighted by molar-refractivity contribution is -0.138. The first kappa shape index (κ1) is 10.2. The van der Waals surface area contributed by atoms with Crippen LogP contribution in [0.4, 0.5) is 13.2 Å². The molecule has 0 aromatic heterocycles. The van der Waals surface area contributed by atoms with Gasteiger partial charge in [-0.15, -0.1) is 0 Å². The van der Waals surface area contributed by atoms with Crippen molar-refractivity contribution in [2.45, 2.75) is 84.1 Å². The smallest absolute Gasteiger partial charge is 0.391 e. The molecule has 1 aliphatic heterocycles. The van der Waals surface area contributed by atoms with Crippen LogP contribution in [0.2, 0.25) is 0 Å². The molecule has 1 saturated carbocycles. The molecule has 190 valence electrons. The number of likely N-dealkylation sites (tertiary alicyclic amines) is 1. The molecule has 0 bridgehead atoms. The molecule has 6 heteroatoms. The molecule has 0 unspecified atom stereocenters. The lowest BCUT2D eigenvalue weighted by Crippen LogP contribution is -2.36. The van der Waals surface area contributed by atoms with Crippen LogP contribution in [-0.2, 0) is 30.4 Å². The van der Waals surface area contributed by atoms with Gasteiger partial charge in [-0.1, -0.05) is 55.9 Å². The van der Waals surface area contributed by atoms with Crippen molar-refractivity contribution < 1.29 is 46.8 Å². The van der Waals surface area contributed by atoms with Crippen LogP contribution >= 0.6 is 0 Å². The van der Waals surface area contributed by atoms with Gasteiger partial charge in [-0.05, 0) is 97.2 Å². The second kappa shape index (κ2) is 11.2. The molecule has 0 spiro atoms. The van der Waals surface area contributed by atoms with Gasteiger partial charge in [-0.25, -0.2) is 0 Å². The molecule has 2 fully saturated rings. The molecule has 2 aliphatic rings. The van der Waals surface area contributed by atoms with Crippen molar-refractivity contribution in [3.05, 3.63) is 69.8 Å². The highest BCUT2D eigenvalue weighted by Gasteiger charge is 2.36. The van der Waals surface area contributed by atoms with Gasteiger partial charge in [0.1, 0.15) is 6.56 Å². The molecule has 4 rings (SSSR count). The van der Waals surface area contributed by atoms with Gasteiger partial charge in [0.2, 0.25) is 0 Å². The summed E-state index contributed by atoms with van der Waals surface area (Å²) in [5.74, 6) is -6.03. The third-order valence-corrected chi connectivity index (χ3v) is 5.34. The average molecular weight is 508 g/mol. The molecule has 2 aromatic rings. The third kappa shape index (κ3) is 6.46. The Labute approximate surface area is 236 Å². The number of nitrogens with zero attached hydrogens (tertiary/aromatic N) is 2. The molecule has 1 saturated heterocycles. The predicted octanol–water partition coefficient (Wildman–Crippen LogP) is 7.71. The van der Waals surface area contributed by atoms with E-state index >= 15 is 0 Å². The van der Waals surface area contributed by atoms with Crippen LogP contribution in [0, 0.1) is 5.89 Å². The van der Waals surface area contributed by atoms with Gasteiger partial charge in [0.15, 0.2) is 0 Å². The molecular formula is C29H37F3N2O. The average Bonchev–Trinajstić information content (AvgIpc) is 2.97. The number of benzene rings is 2. The maximum atomic E-state index is 14.7. The first-order chi connectivity index (χ1) is 24.7. The maximum Gasteiger partial charge on any atom is 0.416 e. The highest BCUT2D eigenvalue weighted by molar-refractivity contribution is 5.98. The molecule has 35 heavy (non-hydrogen) atoms. The number of halogens is 3. The van der Waals surface area contributed by atoms with E-state index in [1.165, 1.54) is 4.90 Å². The largest absolute Gasteiger partial charge is 0.416 e. The Bertz CT molecular complexity index is 1830. The number of aryl methyl sites for hydroxylation is 1. The topological polar surface area (TPSA) is 24.8 Å². The Morgan fingerprint density at radius 1 is 1.17 bits per heavy atom. The van der Waals surface area contributed by atoms with E-state index in [4.69, 9.17) is 33.6 Å². The van der Waals surface area contributed by atoms with Crippen molar-refractivity contribution in [2.75, 3.05) is 13.1 Å². The molecule has 0 amide bonds. The van der Waals surface area contributed by atoms with Crippen LogP contribution in [0.5, 0.6) is 0 Å². The van der Waals surface area contributed by atoms with Crippen LogP contribution in [0.3, 0.4) is 0 Å². The quantitative estimate of drug-likeness (QED) is 0.270. The minimum atomic E-state index is -5.55. The van der Waals surface area contributed by atoms with E-state index in [0.29, 0.717) is 31.5 Å². The van der Waals surface area contributed by atoms with Crippen molar-refractivity contribution in [1.82, 2.24) is 4.90 Å². The second-order valence-corrected chi connectivity index (χ2v) is 7.87. The molecule has 2 aromatic carbocycles. The van der Waals surface area contributed by atoms with Gasteiger partial charge in [-0.2, -0.15) is 13.2 Å². The van der Waals surface area contributed by atoms with Gasteiger partial charge >= 0.3 is 6.18 Å². The zero-order valence-corrected chi connectivity index (χ0v) is 18.6. The van der Waals surface area contributed by atoms with Gasteiger partial charge in [0.25, 0.3) is 0 Å². The summed E-state index contributed by atoms with van der Waals surface area (Å²) in [6.07, 6.45) is -22.8. The van der Waals surface area contributed by atoms with Crippen molar-refractivity contribution in [3.8, 4) is 0 Å². The Morgan fingerprint density at radius 2 is 1.97 bits per heavy atom. The summed E-state index contributed by atoms with van der Waals surface area (Å²) < 4.78 is 217. The highest BCUT2D eigenvalue weighted by atomic mass is 19.4. The van der Waals surface area contributed by atoms with E-state index in [1.54, 1.807) is 0 Å². The standard InChI is InChI=1S/C29H37F3N2O/c1-4-23-17-25(11-12-26(23)18-34-14-5-15-34)21(3)33-35-19-22-8-13-27(28(16-22)29(30,31)32)24-9-6-20(2)7-10-24/h8,11-13,16-17,20,24H,4-7,9-10,14-15,18-19H2,1-3H3/b33-21+/i1D3,3D3,4D2,6D2,7D2,9D2,10D2,18D2,19D2,20D. The molecule has 3 nitrogen and oxygen atoms in total. The molecule has 0 N–H and O–H groups in total. The van der Waals surface area contributed by atoms with Crippen LogP contribution in [0.15, 0.2) is 41.6 Å². The van der Waals surface area contributed by atoms with E-state index in [1.807, 2.05) is 0 Å². The Balaban J connectivity index is 1.88. The second-order valence-electron chi connectivity index (χ2n) is 7.87. The summed E-state index contributed by atoms with van der Waals surface area (Å²) in [6, 6.07) is 3.56. The first-order valence-electron chi connectivity index (χ1n) is 21.1. The molecule has 1 aliphatic carbocycles. The van der Waals surface area contributed by atoms with Crippen LogP contribution in [0.25, 0.3) is 0 Å². The third-order valence-electron chi connectivity index (χ3n) is 5.34. The SMILES string of the molecule is [2H]C([2H])([2H])/C(=N\OC([2H])([2H])c1ccc(C2C([2H])([2H])C([2H])([2H])C([2H])(C)C([2H])([2H])C2([2H])[2H])c(C(F)(F)F)c1)c1ccc(C([2H])([2H])N2CCC2)c(C([2H])([2H])C([2H])([2H])[2H])c1. The number of alkyl halides is 3. The predicted molar refractivity (Wildman–Crippen MR) is 135 cm³/mol.